The Balaban J connectivity index is -0.000000326. The van der Waals surface area contributed by atoms with Gasteiger partial charge in [0.2, 0.25) is 0 Å². The van der Waals surface area contributed by atoms with Gasteiger partial charge in [-0.15, -0.1) is 0 Å². The fraction of sp³-hybridized carbons (Fsp3) is 1.00. The SMILES string of the molecule is CCCSSSS.CCO[SiH](OCC)OCC.CCO[SiH](OCC)OCC. The third-order valence-electron chi connectivity index (χ3n) is 2.18. The highest BCUT2D eigenvalue weighted by atomic mass is 33.7. The van der Waals surface area contributed by atoms with Crippen LogP contribution >= 0.6 is 42.1 Å². The van der Waals surface area contributed by atoms with E-state index in [1.807, 2.05) is 52.3 Å². The van der Waals surface area contributed by atoms with Gasteiger partial charge in [0.25, 0.3) is 0 Å². The monoisotopic (exact) mass is 500 g/mol. The van der Waals surface area contributed by atoms with Crippen molar-refractivity contribution in [3.8, 4) is 0 Å². The van der Waals surface area contributed by atoms with Crippen molar-refractivity contribution in [2.75, 3.05) is 45.4 Å². The van der Waals surface area contributed by atoms with Crippen LogP contribution in [-0.4, -0.2) is 64.4 Å². The van der Waals surface area contributed by atoms with E-state index >= 15 is 0 Å². The Bertz CT molecular complexity index is 202. The molecule has 0 rings (SSSR count). The van der Waals surface area contributed by atoms with Crippen LogP contribution in [0.2, 0.25) is 0 Å². The average Bonchev–Trinajstić information content (AvgIpc) is 2.65. The number of rotatable bonds is 16. The van der Waals surface area contributed by atoms with Gasteiger partial charge in [0, 0.05) is 45.4 Å². The normalized spacial score (nSPS) is 10.4. The van der Waals surface area contributed by atoms with Crippen molar-refractivity contribution in [1.29, 1.82) is 0 Å². The maximum atomic E-state index is 5.22. The molecule has 0 bridgehead atoms. The topological polar surface area (TPSA) is 55.4 Å². The minimum absolute atomic E-state index is 0.677. The van der Waals surface area contributed by atoms with Crippen LogP contribution in [0, 0.1) is 0 Å². The standard InChI is InChI=1S/2C6H16O3Si.C3H8S4/c2*1-4-7-10(8-5-2)9-6-3;1-2-3-5-7-6-4/h2*10H,4-6H2,1-3H3;4H,2-3H2,1H3. The summed E-state index contributed by atoms with van der Waals surface area (Å²) in [6.07, 6.45) is 1.26. The summed E-state index contributed by atoms with van der Waals surface area (Å²) < 4.78 is 31.3. The van der Waals surface area contributed by atoms with Crippen LogP contribution in [-0.2, 0) is 26.6 Å². The molecule has 0 atom stereocenters. The summed E-state index contributed by atoms with van der Waals surface area (Å²) in [5.74, 6) is 1.23. The van der Waals surface area contributed by atoms with Crippen LogP contribution in [0.3, 0.4) is 0 Å². The van der Waals surface area contributed by atoms with Gasteiger partial charge in [-0.1, -0.05) is 29.4 Å². The molecule has 0 aliphatic carbocycles. The molecule has 0 amide bonds. The summed E-state index contributed by atoms with van der Waals surface area (Å²) in [5.41, 5.74) is 0. The van der Waals surface area contributed by atoms with E-state index in [1.54, 1.807) is 9.83 Å². The van der Waals surface area contributed by atoms with Crippen LogP contribution in [0.5, 0.6) is 0 Å². The van der Waals surface area contributed by atoms with Crippen LogP contribution < -0.4 is 0 Å². The lowest BCUT2D eigenvalue weighted by Gasteiger charge is -2.12. The quantitative estimate of drug-likeness (QED) is 0.138. The average molecular weight is 501 g/mol. The van der Waals surface area contributed by atoms with Gasteiger partial charge in [-0.2, -0.15) is 0 Å². The molecule has 168 valence electrons. The first-order valence-electron chi connectivity index (χ1n) is 9.40. The second-order valence-corrected chi connectivity index (χ2v) is 12.5. The zero-order chi connectivity index (χ0) is 21.2. The van der Waals surface area contributed by atoms with Crippen molar-refractivity contribution in [2.24, 2.45) is 0 Å². The Morgan fingerprint density at radius 2 is 0.889 bits per heavy atom. The molecule has 0 saturated carbocycles. The first kappa shape index (κ1) is 33.2. The van der Waals surface area contributed by atoms with Gasteiger partial charge < -0.3 is 26.6 Å². The Labute approximate surface area is 187 Å². The first-order chi connectivity index (χ1) is 13.1. The van der Waals surface area contributed by atoms with E-state index in [1.165, 1.54) is 22.0 Å². The van der Waals surface area contributed by atoms with Gasteiger partial charge in [0.05, 0.1) is 0 Å². The van der Waals surface area contributed by atoms with Crippen molar-refractivity contribution in [2.45, 2.75) is 54.9 Å². The summed E-state index contributed by atoms with van der Waals surface area (Å²) in [7, 11) is 1.63. The molecule has 0 saturated heterocycles. The fourth-order valence-corrected chi connectivity index (χ4v) is 6.73. The lowest BCUT2D eigenvalue weighted by molar-refractivity contribution is 0.106. The minimum atomic E-state index is -1.73. The molecular formula is C15H40O6S4Si2. The fourth-order valence-electron chi connectivity index (χ4n) is 1.24. The lowest BCUT2D eigenvalue weighted by Crippen LogP contribution is -2.27. The summed E-state index contributed by atoms with van der Waals surface area (Å²) in [6.45, 7) is 17.9. The summed E-state index contributed by atoms with van der Waals surface area (Å²) in [5, 5.41) is 0. The van der Waals surface area contributed by atoms with Gasteiger partial charge in [-0.05, 0) is 67.6 Å². The summed E-state index contributed by atoms with van der Waals surface area (Å²) in [4.78, 5) is 0. The van der Waals surface area contributed by atoms with Gasteiger partial charge in [-0.25, -0.2) is 0 Å². The second-order valence-electron chi connectivity index (χ2n) is 4.27. The first-order valence-corrected chi connectivity index (χ1v) is 16.9. The summed E-state index contributed by atoms with van der Waals surface area (Å²) in [6, 6.07) is 0. The number of hydrogen-bond acceptors (Lipinski definition) is 10. The van der Waals surface area contributed by atoms with E-state index in [4.69, 9.17) is 26.6 Å². The molecule has 12 heteroatoms. The van der Waals surface area contributed by atoms with Crippen LogP contribution in [0.4, 0.5) is 0 Å². The molecule has 0 radical (unpaired) electrons. The minimum Gasteiger partial charge on any atom is -0.376 e. The third kappa shape index (κ3) is 32.5. The van der Waals surface area contributed by atoms with Gasteiger partial charge in [0.15, 0.2) is 0 Å². The van der Waals surface area contributed by atoms with E-state index in [2.05, 4.69) is 18.6 Å². The molecule has 0 heterocycles. The van der Waals surface area contributed by atoms with E-state index in [0.717, 1.165) is 0 Å². The molecule has 0 aliphatic rings. The summed E-state index contributed by atoms with van der Waals surface area (Å²) >= 11 is 3.95. The van der Waals surface area contributed by atoms with E-state index in [-0.39, 0.29) is 0 Å². The molecule has 0 unspecified atom stereocenters. The van der Waals surface area contributed by atoms with E-state index in [0.29, 0.717) is 39.6 Å². The van der Waals surface area contributed by atoms with Crippen molar-refractivity contribution >= 4 is 61.2 Å². The molecule has 0 fully saturated rings. The maximum absolute atomic E-state index is 5.22. The van der Waals surface area contributed by atoms with Crippen molar-refractivity contribution in [3.05, 3.63) is 0 Å². The Morgan fingerprint density at radius 3 is 1.07 bits per heavy atom. The molecule has 27 heavy (non-hydrogen) atoms. The largest absolute Gasteiger partial charge is 0.484 e. The number of thiol groups is 1. The number of hydrogen-bond donors (Lipinski definition) is 1. The van der Waals surface area contributed by atoms with Crippen molar-refractivity contribution in [3.63, 3.8) is 0 Å². The molecule has 0 aromatic rings. The van der Waals surface area contributed by atoms with Gasteiger partial charge in [0.1, 0.15) is 0 Å². The van der Waals surface area contributed by atoms with Crippen LogP contribution in [0.15, 0.2) is 0 Å². The lowest BCUT2D eigenvalue weighted by atomic mass is 10.6. The highest BCUT2D eigenvalue weighted by molar-refractivity contribution is 9.23. The second kappa shape index (κ2) is 32.3. The van der Waals surface area contributed by atoms with Crippen LogP contribution in [0.25, 0.3) is 0 Å². The van der Waals surface area contributed by atoms with Gasteiger partial charge in [-0.3, -0.25) is 0 Å². The molecule has 0 spiro atoms. The zero-order valence-electron chi connectivity index (χ0n) is 17.9. The molecular weight excluding hydrogens is 461 g/mol. The highest BCUT2D eigenvalue weighted by Crippen LogP contribution is 2.36. The zero-order valence-corrected chi connectivity index (χ0v) is 23.6. The van der Waals surface area contributed by atoms with Crippen molar-refractivity contribution < 1.29 is 26.6 Å². The predicted octanol–water partition coefficient (Wildman–Crippen LogP) is 4.90. The molecule has 0 aromatic carbocycles. The maximum Gasteiger partial charge on any atom is 0.484 e. The molecule has 0 N–H and O–H groups in total. The predicted molar refractivity (Wildman–Crippen MR) is 131 cm³/mol. The van der Waals surface area contributed by atoms with E-state index in [9.17, 15) is 0 Å². The molecule has 0 aromatic heterocycles. The third-order valence-corrected chi connectivity index (χ3v) is 10.6. The highest BCUT2D eigenvalue weighted by Gasteiger charge is 2.11. The van der Waals surface area contributed by atoms with E-state index < -0.39 is 19.1 Å². The Morgan fingerprint density at radius 1 is 0.593 bits per heavy atom. The van der Waals surface area contributed by atoms with Gasteiger partial charge >= 0.3 is 19.1 Å². The van der Waals surface area contributed by atoms with Crippen molar-refractivity contribution in [1.82, 2.24) is 0 Å². The Hall–Kier alpha value is 1.59. The molecule has 0 aliphatic heterocycles. The van der Waals surface area contributed by atoms with Crippen LogP contribution in [0.1, 0.15) is 54.9 Å². The molecule has 6 nitrogen and oxygen atoms in total. The smallest absolute Gasteiger partial charge is 0.376 e. The Kier molecular flexibility index (Phi) is 39.7.